The fourth-order valence-electron chi connectivity index (χ4n) is 5.07. The fraction of sp³-hybridized carbons (Fsp3) is 0.267. The van der Waals surface area contributed by atoms with Gasteiger partial charge in [0.1, 0.15) is 0 Å². The SMILES string of the molecule is C/C=C/c1cc(C)c(N2CCN(c3c(C)cc(C=Cc4ccccc4)cc3C)C2)c(C)c1. The number of rotatable bonds is 5. The molecule has 0 atom stereocenters. The van der Waals surface area contributed by atoms with Gasteiger partial charge in [0.05, 0.1) is 6.67 Å². The summed E-state index contributed by atoms with van der Waals surface area (Å²) in [6.07, 6.45) is 8.69. The summed E-state index contributed by atoms with van der Waals surface area (Å²) in [6.45, 7) is 14.1. The van der Waals surface area contributed by atoms with Gasteiger partial charge in [-0.25, -0.2) is 0 Å². The predicted octanol–water partition coefficient (Wildman–Crippen LogP) is 7.41. The maximum absolute atomic E-state index is 2.54. The van der Waals surface area contributed by atoms with E-state index in [4.69, 9.17) is 0 Å². The molecular formula is C30H34N2. The molecule has 0 bridgehead atoms. The quantitative estimate of drug-likeness (QED) is 0.395. The second-order valence-corrected chi connectivity index (χ2v) is 8.92. The van der Waals surface area contributed by atoms with Gasteiger partial charge in [-0.15, -0.1) is 0 Å². The lowest BCUT2D eigenvalue weighted by Gasteiger charge is -2.27. The molecule has 2 heteroatoms. The third-order valence-electron chi connectivity index (χ3n) is 6.27. The summed E-state index contributed by atoms with van der Waals surface area (Å²) in [4.78, 5) is 5.07. The predicted molar refractivity (Wildman–Crippen MR) is 141 cm³/mol. The van der Waals surface area contributed by atoms with E-state index >= 15 is 0 Å². The fourth-order valence-corrected chi connectivity index (χ4v) is 5.07. The van der Waals surface area contributed by atoms with Gasteiger partial charge in [-0.2, -0.15) is 0 Å². The Balaban J connectivity index is 1.55. The zero-order valence-corrected chi connectivity index (χ0v) is 20.0. The van der Waals surface area contributed by atoms with Crippen LogP contribution < -0.4 is 9.80 Å². The summed E-state index contributed by atoms with van der Waals surface area (Å²) in [5, 5.41) is 0. The molecule has 1 fully saturated rings. The van der Waals surface area contributed by atoms with Gasteiger partial charge in [-0.05, 0) is 97.8 Å². The number of hydrogen-bond donors (Lipinski definition) is 0. The van der Waals surface area contributed by atoms with E-state index in [1.165, 1.54) is 50.3 Å². The smallest absolute Gasteiger partial charge is 0.0904 e. The molecule has 0 unspecified atom stereocenters. The highest BCUT2D eigenvalue weighted by Gasteiger charge is 2.25. The normalized spacial score (nSPS) is 14.3. The Hall–Kier alpha value is -3.26. The highest BCUT2D eigenvalue weighted by Crippen LogP contribution is 2.33. The Morgan fingerprint density at radius 2 is 1.03 bits per heavy atom. The minimum absolute atomic E-state index is 0.936. The van der Waals surface area contributed by atoms with Crippen LogP contribution in [0.3, 0.4) is 0 Å². The van der Waals surface area contributed by atoms with E-state index in [-0.39, 0.29) is 0 Å². The summed E-state index contributed by atoms with van der Waals surface area (Å²) >= 11 is 0. The second kappa shape index (κ2) is 9.48. The molecule has 0 saturated carbocycles. The Bertz CT molecular complexity index is 1110. The molecular weight excluding hydrogens is 388 g/mol. The van der Waals surface area contributed by atoms with Crippen molar-refractivity contribution in [1.29, 1.82) is 0 Å². The third-order valence-corrected chi connectivity index (χ3v) is 6.27. The Morgan fingerprint density at radius 1 is 0.594 bits per heavy atom. The minimum atomic E-state index is 0.936. The summed E-state index contributed by atoms with van der Waals surface area (Å²) in [6, 6.07) is 19.7. The number of allylic oxidation sites excluding steroid dienone is 1. The molecule has 4 rings (SSSR count). The van der Waals surface area contributed by atoms with E-state index in [0.29, 0.717) is 0 Å². The van der Waals surface area contributed by atoms with Crippen molar-refractivity contribution in [3.63, 3.8) is 0 Å². The summed E-state index contributed by atoms with van der Waals surface area (Å²) in [5.74, 6) is 0. The molecule has 0 radical (unpaired) electrons. The summed E-state index contributed by atoms with van der Waals surface area (Å²) in [7, 11) is 0. The molecule has 1 aliphatic rings. The molecule has 32 heavy (non-hydrogen) atoms. The van der Waals surface area contributed by atoms with Crippen LogP contribution in [-0.2, 0) is 0 Å². The van der Waals surface area contributed by atoms with Gasteiger partial charge in [0, 0.05) is 24.5 Å². The molecule has 3 aromatic carbocycles. The van der Waals surface area contributed by atoms with Crippen molar-refractivity contribution in [2.45, 2.75) is 34.6 Å². The van der Waals surface area contributed by atoms with Crippen LogP contribution in [0.15, 0.2) is 60.7 Å². The average molecular weight is 423 g/mol. The van der Waals surface area contributed by atoms with Gasteiger partial charge in [0.25, 0.3) is 0 Å². The van der Waals surface area contributed by atoms with Crippen LogP contribution >= 0.6 is 0 Å². The summed E-state index contributed by atoms with van der Waals surface area (Å²) in [5.41, 5.74) is 11.9. The standard InChI is InChI=1S/C30H34N2/c1-6-10-27-17-22(2)29(23(3)18-27)31-15-16-32(21-31)30-24(4)19-28(20-25(30)5)14-13-26-11-8-7-9-12-26/h6-14,17-20H,15-16,21H2,1-5H3/b10-6+,14-13?. The highest BCUT2D eigenvalue weighted by atomic mass is 15.4. The van der Waals surface area contributed by atoms with Crippen molar-refractivity contribution < 1.29 is 0 Å². The van der Waals surface area contributed by atoms with Crippen molar-refractivity contribution in [3.8, 4) is 0 Å². The van der Waals surface area contributed by atoms with E-state index in [0.717, 1.165) is 19.8 Å². The lowest BCUT2D eigenvalue weighted by Crippen LogP contribution is -2.27. The number of anilines is 2. The zero-order chi connectivity index (χ0) is 22.7. The largest absolute Gasteiger partial charge is 0.352 e. The van der Waals surface area contributed by atoms with Crippen LogP contribution in [0.25, 0.3) is 18.2 Å². The van der Waals surface area contributed by atoms with Crippen molar-refractivity contribution in [2.24, 2.45) is 0 Å². The molecule has 0 aliphatic carbocycles. The number of benzene rings is 3. The lowest BCUT2D eigenvalue weighted by atomic mass is 10.0. The van der Waals surface area contributed by atoms with E-state index < -0.39 is 0 Å². The Kier molecular flexibility index (Phi) is 6.50. The third kappa shape index (κ3) is 4.65. The Labute approximate surface area is 193 Å². The lowest BCUT2D eigenvalue weighted by molar-refractivity contribution is 0.931. The highest BCUT2D eigenvalue weighted by molar-refractivity contribution is 5.74. The van der Waals surface area contributed by atoms with E-state index in [1.54, 1.807) is 0 Å². The number of hydrogen-bond acceptors (Lipinski definition) is 2. The van der Waals surface area contributed by atoms with Gasteiger partial charge in [0.15, 0.2) is 0 Å². The first-order valence-corrected chi connectivity index (χ1v) is 11.5. The maximum Gasteiger partial charge on any atom is 0.0904 e. The van der Waals surface area contributed by atoms with Crippen LogP contribution in [0.1, 0.15) is 45.9 Å². The van der Waals surface area contributed by atoms with Gasteiger partial charge in [-0.3, -0.25) is 0 Å². The molecule has 0 amide bonds. The van der Waals surface area contributed by atoms with Gasteiger partial charge in [0.2, 0.25) is 0 Å². The first kappa shape index (κ1) is 22.0. The van der Waals surface area contributed by atoms with E-state index in [2.05, 4.69) is 123 Å². The van der Waals surface area contributed by atoms with Crippen LogP contribution in [0.4, 0.5) is 11.4 Å². The van der Waals surface area contributed by atoms with E-state index in [1.807, 2.05) is 0 Å². The van der Waals surface area contributed by atoms with Gasteiger partial charge in [-0.1, -0.05) is 54.6 Å². The molecule has 0 spiro atoms. The van der Waals surface area contributed by atoms with E-state index in [9.17, 15) is 0 Å². The number of aryl methyl sites for hydroxylation is 4. The molecule has 164 valence electrons. The molecule has 0 aromatic heterocycles. The molecule has 2 nitrogen and oxygen atoms in total. The minimum Gasteiger partial charge on any atom is -0.352 e. The maximum atomic E-state index is 2.54. The van der Waals surface area contributed by atoms with Crippen LogP contribution in [0, 0.1) is 27.7 Å². The molecule has 1 heterocycles. The van der Waals surface area contributed by atoms with Crippen LogP contribution in [0.2, 0.25) is 0 Å². The van der Waals surface area contributed by atoms with Crippen molar-refractivity contribution >= 4 is 29.6 Å². The van der Waals surface area contributed by atoms with Crippen LogP contribution in [-0.4, -0.2) is 19.8 Å². The monoisotopic (exact) mass is 422 g/mol. The van der Waals surface area contributed by atoms with Crippen molar-refractivity contribution in [2.75, 3.05) is 29.6 Å². The van der Waals surface area contributed by atoms with Gasteiger partial charge >= 0.3 is 0 Å². The first-order chi connectivity index (χ1) is 15.5. The summed E-state index contributed by atoms with van der Waals surface area (Å²) < 4.78 is 0. The molecule has 1 saturated heterocycles. The van der Waals surface area contributed by atoms with Crippen molar-refractivity contribution in [1.82, 2.24) is 0 Å². The second-order valence-electron chi connectivity index (χ2n) is 8.92. The van der Waals surface area contributed by atoms with Crippen molar-refractivity contribution in [3.05, 3.63) is 99.6 Å². The zero-order valence-electron chi connectivity index (χ0n) is 20.0. The molecule has 1 aliphatic heterocycles. The number of nitrogens with zero attached hydrogens (tertiary/aromatic N) is 2. The first-order valence-electron chi connectivity index (χ1n) is 11.5. The van der Waals surface area contributed by atoms with Gasteiger partial charge < -0.3 is 9.80 Å². The molecule has 3 aromatic rings. The topological polar surface area (TPSA) is 6.48 Å². The Morgan fingerprint density at radius 3 is 1.50 bits per heavy atom. The van der Waals surface area contributed by atoms with Crippen LogP contribution in [0.5, 0.6) is 0 Å². The average Bonchev–Trinajstić information content (AvgIpc) is 3.21. The molecule has 0 N–H and O–H groups in total.